The molecule has 0 bridgehead atoms. The molecule has 37 heavy (non-hydrogen) atoms. The van der Waals surface area contributed by atoms with E-state index >= 15 is 0 Å². The zero-order chi connectivity index (χ0) is 26.6. The SMILES string of the molecule is CCC(CC)(Sc1nc(-c2ccnc(NC(C)c3ccccc3)c2)c(-c2ccc(F)cc2)[nH]1)P(=O)(O)O. The van der Waals surface area contributed by atoms with Gasteiger partial charge >= 0.3 is 7.60 Å². The molecule has 2 aromatic heterocycles. The number of thioether (sulfide) groups is 1. The van der Waals surface area contributed by atoms with Crippen molar-refractivity contribution in [3.05, 3.63) is 84.3 Å². The molecule has 0 saturated heterocycles. The van der Waals surface area contributed by atoms with Crippen LogP contribution in [0.25, 0.3) is 22.5 Å². The maximum Gasteiger partial charge on any atom is 0.341 e. The number of benzene rings is 2. The first-order valence-electron chi connectivity index (χ1n) is 12.0. The summed E-state index contributed by atoms with van der Waals surface area (Å²) in [5, 5.41) is 3.79. The zero-order valence-corrected chi connectivity index (χ0v) is 22.6. The topological polar surface area (TPSA) is 111 Å². The highest BCUT2D eigenvalue weighted by Crippen LogP contribution is 2.62. The van der Waals surface area contributed by atoms with Crippen molar-refractivity contribution >= 4 is 25.2 Å². The lowest BCUT2D eigenvalue weighted by Crippen LogP contribution is -2.22. The smallest absolute Gasteiger partial charge is 0.341 e. The van der Waals surface area contributed by atoms with E-state index in [1.54, 1.807) is 32.2 Å². The van der Waals surface area contributed by atoms with Gasteiger partial charge in [-0.15, -0.1) is 0 Å². The van der Waals surface area contributed by atoms with Gasteiger partial charge in [0.05, 0.1) is 11.4 Å². The molecule has 4 rings (SSSR count). The second-order valence-electron chi connectivity index (χ2n) is 8.78. The molecule has 0 fully saturated rings. The summed E-state index contributed by atoms with van der Waals surface area (Å²) in [5.41, 5.74) is 3.79. The minimum absolute atomic E-state index is 0.0174. The molecule has 1 unspecified atom stereocenters. The predicted octanol–water partition coefficient (Wildman–Crippen LogP) is 7.24. The van der Waals surface area contributed by atoms with Crippen LogP contribution in [0.1, 0.15) is 45.2 Å². The molecule has 2 aromatic carbocycles. The van der Waals surface area contributed by atoms with Crippen LogP contribution in [0.5, 0.6) is 0 Å². The van der Waals surface area contributed by atoms with Gasteiger partial charge in [0.25, 0.3) is 0 Å². The zero-order valence-electron chi connectivity index (χ0n) is 20.9. The second kappa shape index (κ2) is 11.2. The average Bonchev–Trinajstić information content (AvgIpc) is 3.31. The molecule has 0 aliphatic carbocycles. The number of rotatable bonds is 10. The van der Waals surface area contributed by atoms with E-state index in [2.05, 4.69) is 15.3 Å². The molecule has 194 valence electrons. The largest absolute Gasteiger partial charge is 0.364 e. The van der Waals surface area contributed by atoms with Gasteiger partial charge < -0.3 is 20.1 Å². The number of imidazole rings is 1. The van der Waals surface area contributed by atoms with Gasteiger partial charge in [-0.2, -0.15) is 0 Å². The summed E-state index contributed by atoms with van der Waals surface area (Å²) in [6, 6.07) is 19.8. The highest BCUT2D eigenvalue weighted by Gasteiger charge is 2.45. The first-order valence-corrected chi connectivity index (χ1v) is 14.5. The quantitative estimate of drug-likeness (QED) is 0.124. The fourth-order valence-electron chi connectivity index (χ4n) is 4.18. The Bertz CT molecular complexity index is 1390. The number of aromatic amines is 1. The maximum absolute atomic E-state index is 13.7. The normalized spacial score (nSPS) is 12.9. The molecular weight excluding hydrogens is 510 g/mol. The van der Waals surface area contributed by atoms with E-state index in [4.69, 9.17) is 4.98 Å². The molecule has 2 heterocycles. The maximum atomic E-state index is 13.7. The molecule has 1 atom stereocenters. The van der Waals surface area contributed by atoms with E-state index < -0.39 is 12.1 Å². The fourth-order valence-corrected chi connectivity index (χ4v) is 6.68. The van der Waals surface area contributed by atoms with E-state index in [-0.39, 0.29) is 24.7 Å². The number of aromatic nitrogens is 3. The number of anilines is 1. The van der Waals surface area contributed by atoms with E-state index in [1.165, 1.54) is 12.1 Å². The van der Waals surface area contributed by atoms with Crippen molar-refractivity contribution in [3.63, 3.8) is 0 Å². The van der Waals surface area contributed by atoms with Crippen molar-refractivity contribution in [2.45, 2.75) is 49.3 Å². The molecule has 10 heteroatoms. The molecule has 0 amide bonds. The van der Waals surface area contributed by atoms with Crippen LogP contribution in [-0.4, -0.2) is 29.2 Å². The van der Waals surface area contributed by atoms with Crippen LogP contribution < -0.4 is 5.32 Å². The van der Waals surface area contributed by atoms with Crippen molar-refractivity contribution in [1.29, 1.82) is 0 Å². The molecule has 4 aromatic rings. The molecule has 0 saturated carbocycles. The lowest BCUT2D eigenvalue weighted by atomic mass is 10.1. The van der Waals surface area contributed by atoms with Crippen molar-refractivity contribution in [1.82, 2.24) is 15.0 Å². The summed E-state index contributed by atoms with van der Waals surface area (Å²) >= 11 is 1.05. The minimum atomic E-state index is -4.45. The van der Waals surface area contributed by atoms with Crippen LogP contribution in [0.15, 0.2) is 78.1 Å². The van der Waals surface area contributed by atoms with Gasteiger partial charge in [-0.05, 0) is 61.7 Å². The number of pyridine rings is 1. The highest BCUT2D eigenvalue weighted by molar-refractivity contribution is 8.06. The van der Waals surface area contributed by atoms with Crippen LogP contribution in [-0.2, 0) is 4.57 Å². The second-order valence-corrected chi connectivity index (χ2v) is 12.4. The van der Waals surface area contributed by atoms with E-state index in [0.29, 0.717) is 27.9 Å². The van der Waals surface area contributed by atoms with Gasteiger partial charge in [-0.3, -0.25) is 4.57 Å². The Labute approximate surface area is 220 Å². The Kier molecular flexibility index (Phi) is 8.19. The molecule has 0 aliphatic heterocycles. The third-order valence-corrected chi connectivity index (χ3v) is 10.5. The Hall–Kier alpha value is -2.97. The average molecular weight is 541 g/mol. The third-order valence-electron chi connectivity index (χ3n) is 6.43. The van der Waals surface area contributed by atoms with Crippen LogP contribution in [0.4, 0.5) is 10.2 Å². The number of halogens is 1. The molecular formula is C27H30FN4O3PS. The van der Waals surface area contributed by atoms with Crippen molar-refractivity contribution in [3.8, 4) is 22.5 Å². The lowest BCUT2D eigenvalue weighted by Gasteiger charge is -2.30. The van der Waals surface area contributed by atoms with Gasteiger partial charge in [-0.25, -0.2) is 14.4 Å². The minimum Gasteiger partial charge on any atom is -0.364 e. The van der Waals surface area contributed by atoms with E-state index in [9.17, 15) is 18.7 Å². The van der Waals surface area contributed by atoms with Gasteiger partial charge in [0, 0.05) is 23.4 Å². The Morgan fingerprint density at radius 3 is 2.35 bits per heavy atom. The predicted molar refractivity (Wildman–Crippen MR) is 147 cm³/mol. The Morgan fingerprint density at radius 1 is 1.05 bits per heavy atom. The van der Waals surface area contributed by atoms with Gasteiger partial charge in [-0.1, -0.05) is 55.9 Å². The van der Waals surface area contributed by atoms with Crippen LogP contribution in [0.2, 0.25) is 0 Å². The summed E-state index contributed by atoms with van der Waals surface area (Å²) in [5.74, 6) is 0.296. The van der Waals surface area contributed by atoms with Crippen LogP contribution in [0.3, 0.4) is 0 Å². The standard InChI is InChI=1S/C27H30FN4O3PS/c1-4-27(5-2,36(33,34)35)37-26-31-24(20-11-13-22(28)14-12-20)25(32-26)21-15-16-29-23(17-21)30-18(3)19-9-7-6-8-10-19/h6-18H,4-5H2,1-3H3,(H,29,30)(H,31,32)(H2,33,34,35). The number of hydrogen-bond acceptors (Lipinski definition) is 5. The first kappa shape index (κ1) is 27.1. The van der Waals surface area contributed by atoms with Gasteiger partial charge in [0.15, 0.2) is 5.16 Å². The van der Waals surface area contributed by atoms with Crippen LogP contribution in [0, 0.1) is 5.82 Å². The number of nitrogens with zero attached hydrogens (tertiary/aromatic N) is 2. The van der Waals surface area contributed by atoms with Crippen molar-refractivity contribution in [2.75, 3.05) is 5.32 Å². The molecule has 0 radical (unpaired) electrons. The molecule has 4 N–H and O–H groups in total. The molecule has 0 spiro atoms. The third kappa shape index (κ3) is 5.96. The summed E-state index contributed by atoms with van der Waals surface area (Å²) in [6.07, 6.45) is 2.21. The van der Waals surface area contributed by atoms with Crippen molar-refractivity contribution in [2.24, 2.45) is 0 Å². The van der Waals surface area contributed by atoms with Gasteiger partial charge in [0.2, 0.25) is 0 Å². The monoisotopic (exact) mass is 540 g/mol. The van der Waals surface area contributed by atoms with Gasteiger partial charge in [0.1, 0.15) is 16.1 Å². The number of hydrogen-bond donors (Lipinski definition) is 4. The summed E-state index contributed by atoms with van der Waals surface area (Å²) in [4.78, 5) is 32.7. The summed E-state index contributed by atoms with van der Waals surface area (Å²) < 4.78 is 24.8. The number of nitrogens with one attached hydrogen (secondary N) is 2. The van der Waals surface area contributed by atoms with E-state index in [1.807, 2.05) is 49.4 Å². The first-order chi connectivity index (χ1) is 17.7. The lowest BCUT2D eigenvalue weighted by molar-refractivity contribution is 0.346. The number of H-pyrrole nitrogens is 1. The Morgan fingerprint density at radius 2 is 1.73 bits per heavy atom. The van der Waals surface area contributed by atoms with E-state index in [0.717, 1.165) is 22.9 Å². The fraction of sp³-hybridized carbons (Fsp3) is 0.259. The molecule has 7 nitrogen and oxygen atoms in total. The van der Waals surface area contributed by atoms with Crippen molar-refractivity contribution < 1.29 is 18.7 Å². The Balaban J connectivity index is 1.75. The van der Waals surface area contributed by atoms with Crippen LogP contribution >= 0.6 is 19.4 Å². The molecule has 0 aliphatic rings. The summed E-state index contributed by atoms with van der Waals surface area (Å²) in [7, 11) is -4.45. The highest BCUT2D eigenvalue weighted by atomic mass is 32.2. The summed E-state index contributed by atoms with van der Waals surface area (Å²) in [6.45, 7) is 5.57.